The smallest absolute Gasteiger partial charge is 0.112 e. The molecule has 0 unspecified atom stereocenters. The molecule has 4 atom stereocenters. The lowest BCUT2D eigenvalue weighted by atomic mass is 9.91. The van der Waals surface area contributed by atoms with Gasteiger partial charge in [-0.05, 0) is 24.0 Å². The summed E-state index contributed by atoms with van der Waals surface area (Å²) in [6.45, 7) is 1.84. The van der Waals surface area contributed by atoms with E-state index >= 15 is 0 Å². The minimum absolute atomic E-state index is 0.0581. The topological polar surface area (TPSA) is 36.0 Å². The van der Waals surface area contributed by atoms with Crippen molar-refractivity contribution in [3.05, 3.63) is 71.8 Å². The number of rotatable bonds is 5. The molecule has 3 heteroatoms. The number of nitrogens with zero attached hydrogens (tertiary/aromatic N) is 1. The molecule has 4 rings (SSSR count). The number of epoxide rings is 1. The number of benzene rings is 2. The number of aliphatic hydroxyl groups excluding tert-OH is 1. The third kappa shape index (κ3) is 3.32. The summed E-state index contributed by atoms with van der Waals surface area (Å²) in [5.41, 5.74) is 2.65. The molecule has 1 saturated carbocycles. The van der Waals surface area contributed by atoms with Gasteiger partial charge in [0.15, 0.2) is 0 Å². The van der Waals surface area contributed by atoms with Gasteiger partial charge in [0.05, 0.1) is 6.10 Å². The van der Waals surface area contributed by atoms with Crippen LogP contribution in [0.5, 0.6) is 0 Å². The van der Waals surface area contributed by atoms with Crippen LogP contribution in [0.4, 0.5) is 0 Å². The van der Waals surface area contributed by atoms with Crippen LogP contribution in [-0.4, -0.2) is 34.4 Å². The van der Waals surface area contributed by atoms with Crippen LogP contribution in [0.1, 0.15) is 24.0 Å². The number of hydrogen-bond acceptors (Lipinski definition) is 3. The van der Waals surface area contributed by atoms with Gasteiger partial charge in [-0.2, -0.15) is 0 Å². The van der Waals surface area contributed by atoms with Crippen LogP contribution in [0.2, 0.25) is 0 Å². The van der Waals surface area contributed by atoms with Crippen molar-refractivity contribution in [2.75, 3.05) is 0 Å². The monoisotopic (exact) mass is 309 g/mol. The van der Waals surface area contributed by atoms with Crippen molar-refractivity contribution in [1.82, 2.24) is 4.90 Å². The lowest BCUT2D eigenvalue weighted by molar-refractivity contribution is 0.0903. The lowest BCUT2D eigenvalue weighted by Gasteiger charge is -2.33. The Labute approximate surface area is 137 Å². The van der Waals surface area contributed by atoms with E-state index in [1.165, 1.54) is 11.1 Å². The van der Waals surface area contributed by atoms with Gasteiger partial charge in [0.1, 0.15) is 12.2 Å². The highest BCUT2D eigenvalue weighted by atomic mass is 16.6. The molecule has 3 nitrogen and oxygen atoms in total. The number of aliphatic hydroxyl groups is 1. The van der Waals surface area contributed by atoms with Crippen molar-refractivity contribution in [2.24, 2.45) is 0 Å². The lowest BCUT2D eigenvalue weighted by Crippen LogP contribution is -2.43. The van der Waals surface area contributed by atoms with Gasteiger partial charge in [-0.15, -0.1) is 0 Å². The zero-order valence-electron chi connectivity index (χ0n) is 13.2. The van der Waals surface area contributed by atoms with Crippen LogP contribution >= 0.6 is 0 Å². The number of fused-ring (bicyclic) bond motifs is 1. The second-order valence-electron chi connectivity index (χ2n) is 6.65. The second kappa shape index (κ2) is 6.44. The molecule has 0 radical (unpaired) electrons. The molecule has 1 heterocycles. The third-order valence-corrected chi connectivity index (χ3v) is 5.00. The Balaban J connectivity index is 1.53. The summed E-state index contributed by atoms with van der Waals surface area (Å²) in [5.74, 6) is 0. The minimum Gasteiger partial charge on any atom is -0.390 e. The van der Waals surface area contributed by atoms with Crippen LogP contribution in [0.3, 0.4) is 0 Å². The van der Waals surface area contributed by atoms with Crippen molar-refractivity contribution in [3.8, 4) is 0 Å². The van der Waals surface area contributed by atoms with E-state index in [4.69, 9.17) is 4.74 Å². The first-order chi connectivity index (χ1) is 11.3. The van der Waals surface area contributed by atoms with Gasteiger partial charge in [0.2, 0.25) is 0 Å². The average Bonchev–Trinajstić information content (AvgIpc) is 3.38. The minimum atomic E-state index is -0.272. The Morgan fingerprint density at radius 3 is 1.96 bits per heavy atom. The predicted octanol–water partition coefficient (Wildman–Crippen LogP) is 2.98. The maximum Gasteiger partial charge on any atom is 0.112 e. The first-order valence-corrected chi connectivity index (χ1v) is 8.47. The van der Waals surface area contributed by atoms with Gasteiger partial charge in [-0.3, -0.25) is 4.90 Å². The molecule has 2 aromatic carbocycles. The Morgan fingerprint density at radius 2 is 1.39 bits per heavy atom. The highest BCUT2D eigenvalue weighted by Crippen LogP contribution is 2.40. The fraction of sp³-hybridized carbons (Fsp3) is 0.400. The SMILES string of the molecule is O[C@@H]1CC[C@@H](N(Cc2ccccc2)Cc2ccccc2)[C@@H]2O[C@@H]21. The summed E-state index contributed by atoms with van der Waals surface area (Å²) in [5, 5.41) is 9.95. The molecular formula is C20H23NO2. The van der Waals surface area contributed by atoms with Gasteiger partial charge in [0.25, 0.3) is 0 Å². The first-order valence-electron chi connectivity index (χ1n) is 8.47. The molecule has 0 amide bonds. The summed E-state index contributed by atoms with van der Waals surface area (Å²) >= 11 is 0. The molecule has 23 heavy (non-hydrogen) atoms. The largest absolute Gasteiger partial charge is 0.390 e. The van der Waals surface area contributed by atoms with E-state index in [9.17, 15) is 5.11 Å². The Kier molecular flexibility index (Phi) is 4.17. The van der Waals surface area contributed by atoms with Crippen LogP contribution in [0, 0.1) is 0 Å². The Morgan fingerprint density at radius 1 is 0.826 bits per heavy atom. The molecular weight excluding hydrogens is 286 g/mol. The summed E-state index contributed by atoms with van der Waals surface area (Å²) in [6, 6.07) is 21.6. The second-order valence-corrected chi connectivity index (χ2v) is 6.65. The number of hydrogen-bond donors (Lipinski definition) is 1. The molecule has 0 bridgehead atoms. The number of ether oxygens (including phenoxy) is 1. The van der Waals surface area contributed by atoms with Crippen LogP contribution in [0.25, 0.3) is 0 Å². The average molecular weight is 309 g/mol. The standard InChI is InChI=1S/C20H23NO2/c22-18-12-11-17(19-20(18)23-19)21(13-15-7-3-1-4-8-15)14-16-9-5-2-6-10-16/h1-10,17-20,22H,11-14H2/t17-,18-,19+,20-/m1/s1. The molecule has 1 saturated heterocycles. The van der Waals surface area contributed by atoms with Crippen LogP contribution in [-0.2, 0) is 17.8 Å². The van der Waals surface area contributed by atoms with Crippen molar-refractivity contribution in [2.45, 2.75) is 50.3 Å². The molecule has 120 valence electrons. The molecule has 2 aromatic rings. The fourth-order valence-corrected chi connectivity index (χ4v) is 3.74. The fourth-order valence-electron chi connectivity index (χ4n) is 3.74. The van der Waals surface area contributed by atoms with Crippen molar-refractivity contribution >= 4 is 0 Å². The maximum absolute atomic E-state index is 9.95. The molecule has 1 aliphatic carbocycles. The van der Waals surface area contributed by atoms with Gasteiger partial charge in [-0.25, -0.2) is 0 Å². The van der Waals surface area contributed by atoms with E-state index in [0.717, 1.165) is 25.9 Å². The first kappa shape index (κ1) is 14.9. The van der Waals surface area contributed by atoms with E-state index < -0.39 is 0 Å². The van der Waals surface area contributed by atoms with Crippen LogP contribution < -0.4 is 0 Å². The summed E-state index contributed by atoms with van der Waals surface area (Å²) < 4.78 is 5.77. The van der Waals surface area contributed by atoms with Gasteiger partial charge in [-0.1, -0.05) is 60.7 Å². The van der Waals surface area contributed by atoms with E-state index in [1.54, 1.807) is 0 Å². The quantitative estimate of drug-likeness (QED) is 0.863. The summed E-state index contributed by atoms with van der Waals surface area (Å²) in [4.78, 5) is 2.52. The van der Waals surface area contributed by atoms with E-state index in [1.807, 2.05) is 0 Å². The third-order valence-electron chi connectivity index (χ3n) is 5.00. The molecule has 2 fully saturated rings. The zero-order valence-corrected chi connectivity index (χ0v) is 13.2. The van der Waals surface area contributed by atoms with Crippen LogP contribution in [0.15, 0.2) is 60.7 Å². The summed E-state index contributed by atoms with van der Waals surface area (Å²) in [6.07, 6.45) is 1.83. The van der Waals surface area contributed by atoms with Gasteiger partial charge in [0, 0.05) is 19.1 Å². The van der Waals surface area contributed by atoms with Gasteiger partial charge >= 0.3 is 0 Å². The molecule has 0 spiro atoms. The van der Waals surface area contributed by atoms with E-state index in [2.05, 4.69) is 65.6 Å². The molecule has 0 aromatic heterocycles. The van der Waals surface area contributed by atoms with E-state index in [0.29, 0.717) is 6.04 Å². The predicted molar refractivity (Wildman–Crippen MR) is 89.8 cm³/mol. The molecule has 1 aliphatic heterocycles. The van der Waals surface area contributed by atoms with Gasteiger partial charge < -0.3 is 9.84 Å². The molecule has 1 N–H and O–H groups in total. The highest BCUT2D eigenvalue weighted by Gasteiger charge is 2.53. The highest BCUT2D eigenvalue weighted by molar-refractivity contribution is 5.18. The van der Waals surface area contributed by atoms with Crippen molar-refractivity contribution < 1.29 is 9.84 Å². The van der Waals surface area contributed by atoms with E-state index in [-0.39, 0.29) is 18.3 Å². The molecule has 2 aliphatic rings. The Bertz CT molecular complexity index is 589. The summed E-state index contributed by atoms with van der Waals surface area (Å²) in [7, 11) is 0. The normalized spacial score (nSPS) is 29.3. The van der Waals surface area contributed by atoms with Crippen molar-refractivity contribution in [1.29, 1.82) is 0 Å². The maximum atomic E-state index is 9.95. The van der Waals surface area contributed by atoms with Crippen molar-refractivity contribution in [3.63, 3.8) is 0 Å². The Hall–Kier alpha value is -1.68. The zero-order chi connectivity index (χ0) is 15.6.